The second kappa shape index (κ2) is 12.6. The molecule has 0 unspecified atom stereocenters. The molecule has 0 saturated carbocycles. The molecule has 0 aromatic carbocycles. The molecule has 7 nitrogen and oxygen atoms in total. The molecule has 23 heavy (non-hydrogen) atoms. The Labute approximate surface area is 136 Å². The number of ether oxygens (including phenoxy) is 4. The average molecular weight is 324 g/mol. The Kier molecular flexibility index (Phi) is 10.5. The van der Waals surface area contributed by atoms with Crippen LogP contribution < -0.4 is 0 Å². The Bertz CT molecular complexity index is 504. The molecule has 7 heteroatoms. The Morgan fingerprint density at radius 2 is 1.83 bits per heavy atom. The van der Waals surface area contributed by atoms with Gasteiger partial charge in [0.05, 0.1) is 46.7 Å². The summed E-state index contributed by atoms with van der Waals surface area (Å²) in [5.41, 5.74) is 0.291. The third-order valence-electron chi connectivity index (χ3n) is 2.72. The van der Waals surface area contributed by atoms with E-state index in [0.717, 1.165) is 6.42 Å². The summed E-state index contributed by atoms with van der Waals surface area (Å²) in [4.78, 5) is 11.2. The van der Waals surface area contributed by atoms with Crippen molar-refractivity contribution in [3.63, 3.8) is 0 Å². The number of nitrogens with zero attached hydrogens (tertiary/aromatic N) is 2. The molecule has 1 aromatic heterocycles. The highest BCUT2D eigenvalue weighted by Gasteiger charge is 2.08. The van der Waals surface area contributed by atoms with Gasteiger partial charge in [0.2, 0.25) is 0 Å². The summed E-state index contributed by atoms with van der Waals surface area (Å²) in [6.45, 7) is 5.58. The molecule has 128 valence electrons. The number of carbonyl (C=O) groups excluding carboxylic acids is 1. The lowest BCUT2D eigenvalue weighted by Gasteiger charge is -2.06. The zero-order valence-electron chi connectivity index (χ0n) is 13.7. The van der Waals surface area contributed by atoms with Crippen LogP contribution in [0.2, 0.25) is 0 Å². The summed E-state index contributed by atoms with van der Waals surface area (Å²) >= 11 is 0. The predicted molar refractivity (Wildman–Crippen MR) is 84.1 cm³/mol. The van der Waals surface area contributed by atoms with Crippen molar-refractivity contribution in [3.8, 4) is 11.8 Å². The van der Waals surface area contributed by atoms with E-state index in [1.165, 1.54) is 7.11 Å². The Morgan fingerprint density at radius 3 is 2.52 bits per heavy atom. The topological polar surface area (TPSA) is 71.8 Å². The Balaban J connectivity index is 1.93. The summed E-state index contributed by atoms with van der Waals surface area (Å²) in [7, 11) is 1.33. The van der Waals surface area contributed by atoms with E-state index in [1.54, 1.807) is 16.9 Å². The van der Waals surface area contributed by atoms with E-state index in [4.69, 9.17) is 14.2 Å². The van der Waals surface area contributed by atoms with Crippen LogP contribution in [-0.2, 0) is 25.5 Å². The first-order chi connectivity index (χ1) is 11.3. The summed E-state index contributed by atoms with van der Waals surface area (Å²) in [6, 6.07) is 1.61. The van der Waals surface area contributed by atoms with Crippen molar-refractivity contribution in [2.75, 3.05) is 46.8 Å². The molecule has 0 saturated heterocycles. The van der Waals surface area contributed by atoms with Gasteiger partial charge >= 0.3 is 5.97 Å². The molecular formula is C16H24N2O5. The molecular weight excluding hydrogens is 300 g/mol. The fourth-order valence-corrected chi connectivity index (χ4v) is 1.60. The first-order valence-electron chi connectivity index (χ1n) is 7.58. The lowest BCUT2D eigenvalue weighted by molar-refractivity contribution is 0.0182. The minimum Gasteiger partial charge on any atom is -0.464 e. The Morgan fingerprint density at radius 1 is 1.13 bits per heavy atom. The lowest BCUT2D eigenvalue weighted by Crippen LogP contribution is -2.13. The van der Waals surface area contributed by atoms with Gasteiger partial charge in [0.25, 0.3) is 0 Å². The van der Waals surface area contributed by atoms with E-state index in [9.17, 15) is 4.79 Å². The largest absolute Gasteiger partial charge is 0.464 e. The summed E-state index contributed by atoms with van der Waals surface area (Å²) in [6.07, 6.45) is 2.56. The van der Waals surface area contributed by atoms with Gasteiger partial charge in [-0.15, -0.1) is 5.92 Å². The molecule has 0 atom stereocenters. The first kappa shape index (κ1) is 19.2. The van der Waals surface area contributed by atoms with Gasteiger partial charge in [-0.2, -0.15) is 5.10 Å². The second-order valence-electron chi connectivity index (χ2n) is 4.44. The van der Waals surface area contributed by atoms with Crippen LogP contribution in [0, 0.1) is 11.8 Å². The van der Waals surface area contributed by atoms with Gasteiger partial charge in [-0.25, -0.2) is 4.79 Å². The molecule has 0 N–H and O–H groups in total. The number of hydrogen-bond acceptors (Lipinski definition) is 6. The second-order valence-corrected chi connectivity index (χ2v) is 4.44. The van der Waals surface area contributed by atoms with Crippen molar-refractivity contribution >= 4 is 5.97 Å². The van der Waals surface area contributed by atoms with E-state index in [2.05, 4.69) is 21.7 Å². The smallest absolute Gasteiger partial charge is 0.358 e. The third kappa shape index (κ3) is 8.98. The van der Waals surface area contributed by atoms with Crippen molar-refractivity contribution < 1.29 is 23.7 Å². The number of carbonyl (C=O) groups is 1. The van der Waals surface area contributed by atoms with Crippen molar-refractivity contribution in [1.82, 2.24) is 9.78 Å². The van der Waals surface area contributed by atoms with Gasteiger partial charge in [0.1, 0.15) is 6.61 Å². The van der Waals surface area contributed by atoms with Crippen LogP contribution >= 0.6 is 0 Å². The van der Waals surface area contributed by atoms with Crippen LogP contribution in [0.15, 0.2) is 12.3 Å². The zero-order chi connectivity index (χ0) is 16.8. The van der Waals surface area contributed by atoms with Gasteiger partial charge in [-0.3, -0.25) is 4.68 Å². The number of rotatable bonds is 11. The lowest BCUT2D eigenvalue weighted by atomic mass is 10.4. The van der Waals surface area contributed by atoms with Crippen molar-refractivity contribution in [1.29, 1.82) is 0 Å². The van der Waals surface area contributed by atoms with E-state index in [0.29, 0.717) is 51.9 Å². The highest BCUT2D eigenvalue weighted by atomic mass is 16.5. The van der Waals surface area contributed by atoms with Crippen LogP contribution in [0.3, 0.4) is 0 Å². The number of methoxy groups -OCH3 is 1. The quantitative estimate of drug-likeness (QED) is 0.345. The average Bonchev–Trinajstić information content (AvgIpc) is 3.04. The normalized spacial score (nSPS) is 10.2. The predicted octanol–water partition coefficient (Wildman–Crippen LogP) is 1.13. The molecule has 1 heterocycles. The minimum atomic E-state index is -0.444. The van der Waals surface area contributed by atoms with Crippen LogP contribution in [0.5, 0.6) is 0 Å². The number of aromatic nitrogens is 2. The van der Waals surface area contributed by atoms with Gasteiger partial charge in [0, 0.05) is 12.6 Å². The van der Waals surface area contributed by atoms with Crippen molar-refractivity contribution in [3.05, 3.63) is 18.0 Å². The van der Waals surface area contributed by atoms with Crippen LogP contribution in [0.1, 0.15) is 23.8 Å². The van der Waals surface area contributed by atoms with Gasteiger partial charge in [-0.1, -0.05) is 12.8 Å². The maximum Gasteiger partial charge on any atom is 0.358 e. The van der Waals surface area contributed by atoms with Crippen LogP contribution in [0.4, 0.5) is 0 Å². The van der Waals surface area contributed by atoms with Gasteiger partial charge < -0.3 is 18.9 Å². The zero-order valence-corrected chi connectivity index (χ0v) is 13.7. The molecule has 0 aliphatic rings. The minimum absolute atomic E-state index is 0.291. The highest BCUT2D eigenvalue weighted by Crippen LogP contribution is 1.97. The van der Waals surface area contributed by atoms with E-state index in [1.807, 2.05) is 6.92 Å². The molecule has 0 spiro atoms. The SMILES string of the molecule is CCC#CCOCCOCCOCCn1ccc(C(=O)OC)n1. The molecule has 0 amide bonds. The fraction of sp³-hybridized carbons (Fsp3) is 0.625. The Hall–Kier alpha value is -1.88. The molecule has 0 aliphatic carbocycles. The molecule has 1 rings (SSSR count). The van der Waals surface area contributed by atoms with Gasteiger partial charge in [-0.05, 0) is 6.07 Å². The molecule has 0 bridgehead atoms. The van der Waals surface area contributed by atoms with Crippen molar-refractivity contribution in [2.45, 2.75) is 19.9 Å². The summed E-state index contributed by atoms with van der Waals surface area (Å²) < 4.78 is 22.3. The van der Waals surface area contributed by atoms with Crippen LogP contribution in [-0.4, -0.2) is 62.5 Å². The van der Waals surface area contributed by atoms with E-state index in [-0.39, 0.29) is 0 Å². The maximum atomic E-state index is 11.2. The molecule has 0 radical (unpaired) electrons. The standard InChI is InChI=1S/C16H24N2O5/c1-3-4-5-9-21-11-13-23-14-12-22-10-8-18-7-6-15(17-18)16(19)20-2/h6-7H,3,8-14H2,1-2H3. The van der Waals surface area contributed by atoms with E-state index >= 15 is 0 Å². The number of hydrogen-bond donors (Lipinski definition) is 0. The van der Waals surface area contributed by atoms with E-state index < -0.39 is 5.97 Å². The monoisotopic (exact) mass is 324 g/mol. The molecule has 0 aliphatic heterocycles. The first-order valence-corrected chi connectivity index (χ1v) is 7.58. The van der Waals surface area contributed by atoms with Crippen molar-refractivity contribution in [2.24, 2.45) is 0 Å². The molecule has 1 aromatic rings. The highest BCUT2D eigenvalue weighted by molar-refractivity contribution is 5.86. The van der Waals surface area contributed by atoms with Crippen LogP contribution in [0.25, 0.3) is 0 Å². The molecule has 0 fully saturated rings. The fourth-order valence-electron chi connectivity index (χ4n) is 1.60. The third-order valence-corrected chi connectivity index (χ3v) is 2.72. The van der Waals surface area contributed by atoms with Gasteiger partial charge in [0.15, 0.2) is 5.69 Å². The summed E-state index contributed by atoms with van der Waals surface area (Å²) in [5.74, 6) is 5.38. The maximum absolute atomic E-state index is 11.2. The summed E-state index contributed by atoms with van der Waals surface area (Å²) in [5, 5.41) is 4.07. The number of esters is 1.